The van der Waals surface area contributed by atoms with Gasteiger partial charge in [0.15, 0.2) is 0 Å². The molecule has 3 N–H and O–H groups in total. The van der Waals surface area contributed by atoms with Gasteiger partial charge in [-0.1, -0.05) is 64.0 Å². The Morgan fingerprint density at radius 1 is 1.15 bits per heavy atom. The molecule has 0 aromatic rings. The average molecular weight is 365 g/mol. The second kappa shape index (κ2) is 9.87. The van der Waals surface area contributed by atoms with Gasteiger partial charge >= 0.3 is 0 Å². The second-order valence-electron chi connectivity index (χ2n) is 9.65. The molecule has 3 nitrogen and oxygen atoms in total. The van der Waals surface area contributed by atoms with Crippen molar-refractivity contribution in [1.29, 1.82) is 0 Å². The standard InChI is InChI=1S/C23H40O3/c1-17(10-9-13-23(5,6)26)16-22(3,4)12-8-7-11-19-14-20(24)18(2)21(25)15-19/h7-8,11,17,20-21,24-26H,2,9-10,12-16H2,1,3-6H3/b8-7+/t17-,20-,21-/m1/s1. The van der Waals surface area contributed by atoms with E-state index in [0.717, 1.165) is 37.7 Å². The molecule has 0 spiro atoms. The number of hydrogen-bond acceptors (Lipinski definition) is 3. The van der Waals surface area contributed by atoms with Crippen molar-refractivity contribution in [3.05, 3.63) is 36.0 Å². The van der Waals surface area contributed by atoms with Crippen molar-refractivity contribution in [2.24, 2.45) is 11.3 Å². The topological polar surface area (TPSA) is 60.7 Å². The Bertz CT molecular complexity index is 492. The minimum Gasteiger partial charge on any atom is -0.390 e. The summed E-state index contributed by atoms with van der Waals surface area (Å²) in [5.74, 6) is 0.647. The lowest BCUT2D eigenvalue weighted by atomic mass is 9.79. The Labute approximate surface area is 160 Å². The molecule has 0 aromatic heterocycles. The Morgan fingerprint density at radius 2 is 1.73 bits per heavy atom. The molecule has 0 unspecified atom stereocenters. The van der Waals surface area contributed by atoms with Crippen LogP contribution >= 0.6 is 0 Å². The van der Waals surface area contributed by atoms with Crippen LogP contribution in [0.4, 0.5) is 0 Å². The molecule has 1 aliphatic carbocycles. The summed E-state index contributed by atoms with van der Waals surface area (Å²) in [4.78, 5) is 0. The van der Waals surface area contributed by atoms with Gasteiger partial charge < -0.3 is 15.3 Å². The van der Waals surface area contributed by atoms with E-state index in [4.69, 9.17) is 0 Å². The van der Waals surface area contributed by atoms with E-state index < -0.39 is 17.8 Å². The average Bonchev–Trinajstić information content (AvgIpc) is 2.47. The van der Waals surface area contributed by atoms with Gasteiger partial charge in [0.25, 0.3) is 0 Å². The zero-order chi connectivity index (χ0) is 20.0. The highest BCUT2D eigenvalue weighted by atomic mass is 16.3. The molecule has 0 heterocycles. The van der Waals surface area contributed by atoms with E-state index in [1.54, 1.807) is 0 Å². The van der Waals surface area contributed by atoms with Gasteiger partial charge in [-0.25, -0.2) is 0 Å². The first-order valence-corrected chi connectivity index (χ1v) is 10.0. The van der Waals surface area contributed by atoms with Gasteiger partial charge in [0.2, 0.25) is 0 Å². The predicted octanol–water partition coefficient (Wildman–Crippen LogP) is 4.92. The molecule has 1 rings (SSSR count). The van der Waals surface area contributed by atoms with Crippen molar-refractivity contribution >= 4 is 0 Å². The summed E-state index contributed by atoms with van der Waals surface area (Å²) in [6.45, 7) is 14.4. The summed E-state index contributed by atoms with van der Waals surface area (Å²) in [7, 11) is 0. The summed E-state index contributed by atoms with van der Waals surface area (Å²) in [6, 6.07) is 0. The molecule has 26 heavy (non-hydrogen) atoms. The first-order chi connectivity index (χ1) is 11.9. The van der Waals surface area contributed by atoms with E-state index >= 15 is 0 Å². The third kappa shape index (κ3) is 9.16. The highest BCUT2D eigenvalue weighted by Gasteiger charge is 2.25. The molecule has 1 saturated carbocycles. The monoisotopic (exact) mass is 364 g/mol. The van der Waals surface area contributed by atoms with Gasteiger partial charge in [-0.3, -0.25) is 0 Å². The fraction of sp³-hybridized carbons (Fsp3) is 0.739. The van der Waals surface area contributed by atoms with E-state index in [-0.39, 0.29) is 5.41 Å². The van der Waals surface area contributed by atoms with Crippen molar-refractivity contribution in [2.45, 2.75) is 97.4 Å². The fourth-order valence-electron chi connectivity index (χ4n) is 3.80. The molecule has 0 aromatic carbocycles. The lowest BCUT2D eigenvalue weighted by molar-refractivity contribution is 0.0663. The predicted molar refractivity (Wildman–Crippen MR) is 110 cm³/mol. The number of aliphatic hydroxyl groups excluding tert-OH is 2. The van der Waals surface area contributed by atoms with Gasteiger partial charge in [0.1, 0.15) is 0 Å². The van der Waals surface area contributed by atoms with Crippen LogP contribution in [0.25, 0.3) is 0 Å². The van der Waals surface area contributed by atoms with Crippen LogP contribution in [0.5, 0.6) is 0 Å². The first-order valence-electron chi connectivity index (χ1n) is 10.0. The van der Waals surface area contributed by atoms with Crippen molar-refractivity contribution < 1.29 is 15.3 Å². The summed E-state index contributed by atoms with van der Waals surface area (Å²) >= 11 is 0. The van der Waals surface area contributed by atoms with E-state index in [0.29, 0.717) is 24.3 Å². The van der Waals surface area contributed by atoms with Gasteiger partial charge in [-0.15, -0.1) is 0 Å². The maximum absolute atomic E-state index is 9.88. The molecular weight excluding hydrogens is 324 g/mol. The van der Waals surface area contributed by atoms with Crippen LogP contribution < -0.4 is 0 Å². The van der Waals surface area contributed by atoms with E-state index in [9.17, 15) is 15.3 Å². The Balaban J connectivity index is 2.41. The van der Waals surface area contributed by atoms with Crippen LogP contribution in [0, 0.1) is 11.3 Å². The summed E-state index contributed by atoms with van der Waals surface area (Å²) < 4.78 is 0. The van der Waals surface area contributed by atoms with Gasteiger partial charge in [-0.05, 0) is 62.9 Å². The van der Waals surface area contributed by atoms with Crippen LogP contribution in [-0.2, 0) is 0 Å². The first kappa shape index (κ1) is 23.1. The lowest BCUT2D eigenvalue weighted by Gasteiger charge is -2.28. The van der Waals surface area contributed by atoms with Crippen LogP contribution in [-0.4, -0.2) is 33.1 Å². The number of allylic oxidation sites excluding steroid dienone is 3. The molecule has 0 bridgehead atoms. The summed E-state index contributed by atoms with van der Waals surface area (Å²) in [5.41, 5.74) is 1.29. The zero-order valence-corrected chi connectivity index (χ0v) is 17.5. The minimum atomic E-state index is -0.625. The minimum absolute atomic E-state index is 0.239. The molecule has 1 fully saturated rings. The molecular formula is C23H40O3. The quantitative estimate of drug-likeness (QED) is 0.509. The third-order valence-corrected chi connectivity index (χ3v) is 5.29. The number of hydrogen-bond donors (Lipinski definition) is 3. The largest absolute Gasteiger partial charge is 0.390 e. The number of rotatable bonds is 9. The zero-order valence-electron chi connectivity index (χ0n) is 17.5. The summed E-state index contributed by atoms with van der Waals surface area (Å²) in [5, 5.41) is 29.6. The van der Waals surface area contributed by atoms with Crippen LogP contribution in [0.2, 0.25) is 0 Å². The van der Waals surface area contributed by atoms with Crippen LogP contribution in [0.15, 0.2) is 36.0 Å². The molecule has 3 heteroatoms. The molecule has 150 valence electrons. The number of aliphatic hydroxyl groups is 3. The summed E-state index contributed by atoms with van der Waals surface area (Å²) in [6.07, 6.45) is 11.4. The van der Waals surface area contributed by atoms with Crippen molar-refractivity contribution in [1.82, 2.24) is 0 Å². The van der Waals surface area contributed by atoms with Crippen molar-refractivity contribution in [3.63, 3.8) is 0 Å². The maximum atomic E-state index is 9.88. The van der Waals surface area contributed by atoms with Crippen LogP contribution in [0.3, 0.4) is 0 Å². The van der Waals surface area contributed by atoms with Gasteiger partial charge in [-0.2, -0.15) is 0 Å². The fourth-order valence-corrected chi connectivity index (χ4v) is 3.80. The van der Waals surface area contributed by atoms with Gasteiger partial charge in [0, 0.05) is 0 Å². The van der Waals surface area contributed by atoms with E-state index in [1.807, 2.05) is 19.9 Å². The maximum Gasteiger partial charge on any atom is 0.0809 e. The van der Waals surface area contributed by atoms with Crippen molar-refractivity contribution in [2.75, 3.05) is 0 Å². The smallest absolute Gasteiger partial charge is 0.0809 e. The third-order valence-electron chi connectivity index (χ3n) is 5.29. The van der Waals surface area contributed by atoms with E-state index in [1.165, 1.54) is 0 Å². The molecule has 3 atom stereocenters. The van der Waals surface area contributed by atoms with Crippen molar-refractivity contribution in [3.8, 4) is 0 Å². The Kier molecular flexibility index (Phi) is 8.78. The van der Waals surface area contributed by atoms with Gasteiger partial charge in [0.05, 0.1) is 17.8 Å². The second-order valence-corrected chi connectivity index (χ2v) is 9.65. The highest BCUT2D eigenvalue weighted by molar-refractivity contribution is 5.25. The molecule has 1 aliphatic rings. The molecule has 0 saturated heterocycles. The molecule has 0 radical (unpaired) electrons. The van der Waals surface area contributed by atoms with Crippen LogP contribution in [0.1, 0.15) is 79.6 Å². The Morgan fingerprint density at radius 3 is 2.27 bits per heavy atom. The molecule has 0 amide bonds. The van der Waals surface area contributed by atoms with E-state index in [2.05, 4.69) is 39.5 Å². The SMILES string of the molecule is C=C1[C@H](O)CC(=C/C=C/CC(C)(C)C[C@H](C)CCCC(C)(C)O)C[C@H]1O. The normalized spacial score (nSPS) is 23.5. The molecule has 0 aliphatic heterocycles. The Hall–Kier alpha value is -0.900. The highest BCUT2D eigenvalue weighted by Crippen LogP contribution is 2.32. The lowest BCUT2D eigenvalue weighted by Crippen LogP contribution is -2.27.